The average Bonchev–Trinajstić information content (AvgIpc) is 2.47. The van der Waals surface area contributed by atoms with Crippen LogP contribution in [0.25, 0.3) is 0 Å². The van der Waals surface area contributed by atoms with Crippen molar-refractivity contribution in [1.82, 2.24) is 10.2 Å². The van der Waals surface area contributed by atoms with Crippen LogP contribution in [0.15, 0.2) is 24.3 Å². The summed E-state index contributed by atoms with van der Waals surface area (Å²) in [6, 6.07) is 7.46. The Morgan fingerprint density at radius 1 is 1.14 bits per heavy atom. The fourth-order valence-electron chi connectivity index (χ4n) is 1.96. The van der Waals surface area contributed by atoms with E-state index in [2.05, 4.69) is 5.32 Å². The van der Waals surface area contributed by atoms with E-state index in [1.54, 1.807) is 4.90 Å². The summed E-state index contributed by atoms with van der Waals surface area (Å²) in [5, 5.41) is 2.70. The van der Waals surface area contributed by atoms with Crippen LogP contribution in [0.4, 0.5) is 0 Å². The number of hydrogen-bond acceptors (Lipinski definition) is 3. The molecule has 0 fully saturated rings. The molecule has 0 spiro atoms. The fraction of sp³-hybridized carbons (Fsp3) is 0.500. The second kappa shape index (κ2) is 9.00. The number of carbonyl (C=O) groups excluding carboxylic acids is 2. The first-order valence-corrected chi connectivity index (χ1v) is 7.36. The van der Waals surface area contributed by atoms with Gasteiger partial charge in [-0.05, 0) is 38.5 Å². The van der Waals surface area contributed by atoms with Crippen molar-refractivity contribution in [2.45, 2.75) is 27.2 Å². The molecule has 1 rings (SSSR count). The molecule has 0 aromatic heterocycles. The summed E-state index contributed by atoms with van der Waals surface area (Å²) in [6.07, 6.45) is 0.291. The van der Waals surface area contributed by atoms with E-state index >= 15 is 0 Å². The van der Waals surface area contributed by atoms with E-state index in [0.717, 1.165) is 11.3 Å². The Morgan fingerprint density at radius 3 is 2.33 bits per heavy atom. The summed E-state index contributed by atoms with van der Waals surface area (Å²) >= 11 is 0. The van der Waals surface area contributed by atoms with Gasteiger partial charge >= 0.3 is 0 Å². The largest absolute Gasteiger partial charge is 0.494 e. The smallest absolute Gasteiger partial charge is 0.239 e. The zero-order valence-electron chi connectivity index (χ0n) is 13.0. The molecule has 0 aliphatic heterocycles. The van der Waals surface area contributed by atoms with E-state index in [1.165, 1.54) is 0 Å². The predicted octanol–water partition coefficient (Wildman–Crippen LogP) is 1.61. The molecule has 2 amide bonds. The van der Waals surface area contributed by atoms with E-state index in [9.17, 15) is 9.59 Å². The first kappa shape index (κ1) is 17.0. The van der Waals surface area contributed by atoms with E-state index in [4.69, 9.17) is 4.74 Å². The lowest BCUT2D eigenvalue weighted by molar-refractivity contribution is -0.135. The highest BCUT2D eigenvalue weighted by molar-refractivity contribution is 5.85. The van der Waals surface area contributed by atoms with Crippen LogP contribution >= 0.6 is 0 Å². The number of ether oxygens (including phenoxy) is 1. The van der Waals surface area contributed by atoms with Gasteiger partial charge in [-0.3, -0.25) is 9.59 Å². The number of rotatable bonds is 8. The second-order valence-electron chi connectivity index (χ2n) is 4.62. The predicted molar refractivity (Wildman–Crippen MR) is 82.3 cm³/mol. The third-order valence-corrected chi connectivity index (χ3v) is 3.03. The van der Waals surface area contributed by atoms with Crippen molar-refractivity contribution in [3.63, 3.8) is 0 Å². The van der Waals surface area contributed by atoms with Crippen LogP contribution in [-0.4, -0.2) is 43.0 Å². The number of nitrogens with one attached hydrogen (secondary N) is 1. The molecule has 0 saturated carbocycles. The van der Waals surface area contributed by atoms with E-state index in [0.29, 0.717) is 26.1 Å². The normalized spacial score (nSPS) is 10.0. The number of carbonyl (C=O) groups is 2. The maximum absolute atomic E-state index is 12.2. The minimum absolute atomic E-state index is 0.0482. The Labute approximate surface area is 126 Å². The number of amides is 2. The van der Waals surface area contributed by atoms with Gasteiger partial charge in [-0.15, -0.1) is 0 Å². The van der Waals surface area contributed by atoms with Crippen LogP contribution in [0, 0.1) is 0 Å². The van der Waals surface area contributed by atoms with Gasteiger partial charge < -0.3 is 15.0 Å². The molecule has 1 aromatic carbocycles. The Bertz CT molecular complexity index is 457. The molecule has 5 heteroatoms. The molecule has 0 saturated heterocycles. The highest BCUT2D eigenvalue weighted by Crippen LogP contribution is 2.13. The minimum atomic E-state index is -0.126. The number of likely N-dealkylation sites (N-methyl/N-ethyl adjacent to an activating group) is 2. The van der Waals surface area contributed by atoms with Gasteiger partial charge in [-0.2, -0.15) is 0 Å². The Hall–Kier alpha value is -2.04. The molecule has 5 nitrogen and oxygen atoms in total. The lowest BCUT2D eigenvalue weighted by Crippen LogP contribution is -2.41. The minimum Gasteiger partial charge on any atom is -0.494 e. The molecule has 0 aliphatic carbocycles. The third-order valence-electron chi connectivity index (χ3n) is 3.03. The zero-order chi connectivity index (χ0) is 15.7. The molecule has 0 heterocycles. The lowest BCUT2D eigenvalue weighted by atomic mass is 10.1. The maximum Gasteiger partial charge on any atom is 0.239 e. The molecule has 1 aromatic rings. The van der Waals surface area contributed by atoms with E-state index in [1.807, 2.05) is 45.0 Å². The lowest BCUT2D eigenvalue weighted by Gasteiger charge is -2.20. The van der Waals surface area contributed by atoms with Gasteiger partial charge in [-0.25, -0.2) is 0 Å². The van der Waals surface area contributed by atoms with E-state index in [-0.39, 0.29) is 18.4 Å². The quantitative estimate of drug-likeness (QED) is 0.792. The van der Waals surface area contributed by atoms with Crippen molar-refractivity contribution in [3.05, 3.63) is 29.8 Å². The van der Waals surface area contributed by atoms with Gasteiger partial charge in [0.1, 0.15) is 5.75 Å². The van der Waals surface area contributed by atoms with Crippen LogP contribution in [0.3, 0.4) is 0 Å². The van der Waals surface area contributed by atoms with Crippen LogP contribution in [0.2, 0.25) is 0 Å². The van der Waals surface area contributed by atoms with Gasteiger partial charge in [-0.1, -0.05) is 12.1 Å². The van der Waals surface area contributed by atoms with Crippen molar-refractivity contribution in [2.24, 2.45) is 0 Å². The first-order chi connectivity index (χ1) is 10.1. The fourth-order valence-corrected chi connectivity index (χ4v) is 1.96. The Balaban J connectivity index is 2.58. The molecule has 21 heavy (non-hydrogen) atoms. The van der Waals surface area contributed by atoms with Crippen molar-refractivity contribution in [2.75, 3.05) is 26.2 Å². The van der Waals surface area contributed by atoms with E-state index < -0.39 is 0 Å². The molecular weight excluding hydrogens is 268 g/mol. The maximum atomic E-state index is 12.2. The molecule has 0 unspecified atom stereocenters. The molecular formula is C16H24N2O3. The summed E-state index contributed by atoms with van der Waals surface area (Å²) in [6.45, 7) is 7.48. The van der Waals surface area contributed by atoms with Crippen LogP contribution in [0.1, 0.15) is 26.3 Å². The van der Waals surface area contributed by atoms with Crippen LogP contribution < -0.4 is 10.1 Å². The summed E-state index contributed by atoms with van der Waals surface area (Å²) in [4.78, 5) is 25.3. The highest BCUT2D eigenvalue weighted by Gasteiger charge is 2.15. The summed E-state index contributed by atoms with van der Waals surface area (Å²) in [7, 11) is 0. The number of hydrogen-bond donors (Lipinski definition) is 1. The van der Waals surface area contributed by atoms with Gasteiger partial charge in [0.15, 0.2) is 0 Å². The summed E-state index contributed by atoms with van der Waals surface area (Å²) in [5.41, 5.74) is 0.915. The highest BCUT2D eigenvalue weighted by atomic mass is 16.5. The Kier molecular flexibility index (Phi) is 7.29. The van der Waals surface area contributed by atoms with Gasteiger partial charge in [0.05, 0.1) is 19.6 Å². The molecule has 0 bridgehead atoms. The summed E-state index contributed by atoms with van der Waals surface area (Å²) in [5.74, 6) is 0.621. The first-order valence-electron chi connectivity index (χ1n) is 7.36. The van der Waals surface area contributed by atoms with Crippen molar-refractivity contribution >= 4 is 11.8 Å². The van der Waals surface area contributed by atoms with Gasteiger partial charge in [0.25, 0.3) is 0 Å². The van der Waals surface area contributed by atoms with Crippen LogP contribution in [-0.2, 0) is 16.0 Å². The molecule has 0 aliphatic rings. The van der Waals surface area contributed by atoms with Crippen LogP contribution in [0.5, 0.6) is 5.75 Å². The third kappa shape index (κ3) is 5.85. The van der Waals surface area contributed by atoms with Gasteiger partial charge in [0, 0.05) is 13.1 Å². The molecule has 0 radical (unpaired) electrons. The number of benzene rings is 1. The topological polar surface area (TPSA) is 58.6 Å². The number of nitrogens with zero attached hydrogens (tertiary/aromatic N) is 1. The van der Waals surface area contributed by atoms with Crippen molar-refractivity contribution in [1.29, 1.82) is 0 Å². The molecule has 0 atom stereocenters. The van der Waals surface area contributed by atoms with Crippen molar-refractivity contribution < 1.29 is 14.3 Å². The second-order valence-corrected chi connectivity index (χ2v) is 4.62. The summed E-state index contributed by atoms with van der Waals surface area (Å²) < 4.78 is 5.37. The molecule has 116 valence electrons. The van der Waals surface area contributed by atoms with Gasteiger partial charge in [0.2, 0.25) is 11.8 Å². The van der Waals surface area contributed by atoms with Crippen molar-refractivity contribution in [3.8, 4) is 5.75 Å². The standard InChI is InChI=1S/C16H24N2O3/c1-4-17-15(19)12-18(5-2)16(20)11-13-7-9-14(10-8-13)21-6-3/h7-10H,4-6,11-12H2,1-3H3,(H,17,19). The monoisotopic (exact) mass is 292 g/mol. The molecule has 1 N–H and O–H groups in total. The Morgan fingerprint density at radius 2 is 1.81 bits per heavy atom. The SMILES string of the molecule is CCNC(=O)CN(CC)C(=O)Cc1ccc(OCC)cc1. The zero-order valence-corrected chi connectivity index (χ0v) is 13.0. The average molecular weight is 292 g/mol.